The van der Waals surface area contributed by atoms with E-state index in [0.717, 1.165) is 23.1 Å². The molecule has 2 aromatic heterocycles. The van der Waals surface area contributed by atoms with Gasteiger partial charge in [0.1, 0.15) is 0 Å². The lowest BCUT2D eigenvalue weighted by Crippen LogP contribution is -2.03. The Balaban J connectivity index is 1.85. The molecule has 0 radical (unpaired) electrons. The standard InChI is InChI=1S/C16H16N4O/c17-8-5-13-3-1-2-4-14(13)16-19-15(20-21-16)11-12-6-9-18-10-7-12/h1-4,6-7,9-10H,5,8,11,17H2. The third-order valence-electron chi connectivity index (χ3n) is 3.24. The van der Waals surface area contributed by atoms with Crippen LogP contribution >= 0.6 is 0 Å². The fourth-order valence-electron chi connectivity index (χ4n) is 2.22. The van der Waals surface area contributed by atoms with Crippen LogP contribution in [0.15, 0.2) is 53.3 Å². The first-order chi connectivity index (χ1) is 10.4. The smallest absolute Gasteiger partial charge is 0.258 e. The first-order valence-electron chi connectivity index (χ1n) is 6.86. The maximum Gasteiger partial charge on any atom is 0.258 e. The highest BCUT2D eigenvalue weighted by Crippen LogP contribution is 2.22. The molecule has 0 aliphatic carbocycles. The van der Waals surface area contributed by atoms with Gasteiger partial charge >= 0.3 is 0 Å². The molecule has 0 bridgehead atoms. The molecule has 2 heterocycles. The number of hydrogen-bond acceptors (Lipinski definition) is 5. The van der Waals surface area contributed by atoms with Crippen molar-refractivity contribution in [1.29, 1.82) is 0 Å². The van der Waals surface area contributed by atoms with Crippen molar-refractivity contribution < 1.29 is 4.52 Å². The van der Waals surface area contributed by atoms with E-state index in [1.54, 1.807) is 12.4 Å². The van der Waals surface area contributed by atoms with Crippen LogP contribution in [0.2, 0.25) is 0 Å². The Bertz CT molecular complexity index is 709. The van der Waals surface area contributed by atoms with Gasteiger partial charge in [0.05, 0.1) is 0 Å². The monoisotopic (exact) mass is 280 g/mol. The average molecular weight is 280 g/mol. The number of benzene rings is 1. The third-order valence-corrected chi connectivity index (χ3v) is 3.24. The van der Waals surface area contributed by atoms with E-state index in [4.69, 9.17) is 10.3 Å². The summed E-state index contributed by atoms with van der Waals surface area (Å²) in [7, 11) is 0. The van der Waals surface area contributed by atoms with Gasteiger partial charge in [-0.3, -0.25) is 4.98 Å². The SMILES string of the molecule is NCCc1ccccc1-c1nc(Cc2ccncc2)no1. The second-order valence-electron chi connectivity index (χ2n) is 4.74. The molecule has 5 nitrogen and oxygen atoms in total. The van der Waals surface area contributed by atoms with E-state index >= 15 is 0 Å². The molecule has 106 valence electrons. The van der Waals surface area contributed by atoms with Crippen molar-refractivity contribution in [2.75, 3.05) is 6.54 Å². The van der Waals surface area contributed by atoms with E-state index in [-0.39, 0.29) is 0 Å². The van der Waals surface area contributed by atoms with Crippen LogP contribution < -0.4 is 5.73 Å². The molecule has 0 aliphatic heterocycles. The minimum atomic E-state index is 0.545. The Labute approximate surface area is 122 Å². The summed E-state index contributed by atoms with van der Waals surface area (Å²) in [5.41, 5.74) is 8.83. The topological polar surface area (TPSA) is 77.8 Å². The number of nitrogens with two attached hydrogens (primary N) is 1. The highest BCUT2D eigenvalue weighted by atomic mass is 16.5. The van der Waals surface area contributed by atoms with Gasteiger partial charge in [-0.05, 0) is 42.3 Å². The summed E-state index contributed by atoms with van der Waals surface area (Å²) < 4.78 is 5.39. The van der Waals surface area contributed by atoms with Gasteiger partial charge in [0.25, 0.3) is 5.89 Å². The number of rotatable bonds is 5. The van der Waals surface area contributed by atoms with Crippen LogP contribution in [0.25, 0.3) is 11.5 Å². The third kappa shape index (κ3) is 3.14. The van der Waals surface area contributed by atoms with Crippen molar-refractivity contribution >= 4 is 0 Å². The van der Waals surface area contributed by atoms with Gasteiger partial charge in [0, 0.05) is 24.4 Å². The maximum atomic E-state index is 5.64. The van der Waals surface area contributed by atoms with Crippen molar-refractivity contribution in [3.05, 3.63) is 65.7 Å². The lowest BCUT2D eigenvalue weighted by molar-refractivity contribution is 0.423. The second kappa shape index (κ2) is 6.28. The normalized spacial score (nSPS) is 10.7. The van der Waals surface area contributed by atoms with Crippen LogP contribution in [0, 0.1) is 0 Å². The number of aromatic nitrogens is 3. The van der Waals surface area contributed by atoms with Gasteiger partial charge in [-0.15, -0.1) is 0 Å². The molecule has 0 fully saturated rings. The van der Waals surface area contributed by atoms with Crippen LogP contribution in [0.5, 0.6) is 0 Å². The summed E-state index contributed by atoms with van der Waals surface area (Å²) in [4.78, 5) is 8.48. The Morgan fingerprint density at radius 3 is 2.67 bits per heavy atom. The number of nitrogens with zero attached hydrogens (tertiary/aromatic N) is 3. The molecule has 0 saturated carbocycles. The molecule has 0 unspecified atom stereocenters. The summed E-state index contributed by atoms with van der Waals surface area (Å²) in [5, 5.41) is 4.05. The van der Waals surface area contributed by atoms with E-state index < -0.39 is 0 Å². The molecular weight excluding hydrogens is 264 g/mol. The van der Waals surface area contributed by atoms with Gasteiger partial charge < -0.3 is 10.3 Å². The first-order valence-corrected chi connectivity index (χ1v) is 6.86. The highest BCUT2D eigenvalue weighted by Gasteiger charge is 2.12. The molecule has 0 atom stereocenters. The van der Waals surface area contributed by atoms with Crippen molar-refractivity contribution in [3.63, 3.8) is 0 Å². The maximum absolute atomic E-state index is 5.64. The summed E-state index contributed by atoms with van der Waals surface area (Å²) in [5.74, 6) is 1.21. The zero-order chi connectivity index (χ0) is 14.5. The molecule has 2 N–H and O–H groups in total. The Morgan fingerprint density at radius 1 is 1.05 bits per heavy atom. The van der Waals surface area contributed by atoms with Crippen molar-refractivity contribution in [2.45, 2.75) is 12.8 Å². The minimum Gasteiger partial charge on any atom is -0.334 e. The van der Waals surface area contributed by atoms with E-state index in [1.807, 2.05) is 36.4 Å². The lowest BCUT2D eigenvalue weighted by atomic mass is 10.0. The number of hydrogen-bond donors (Lipinski definition) is 1. The second-order valence-corrected chi connectivity index (χ2v) is 4.74. The van der Waals surface area contributed by atoms with Crippen LogP contribution in [-0.4, -0.2) is 21.7 Å². The van der Waals surface area contributed by atoms with E-state index in [0.29, 0.717) is 24.7 Å². The summed E-state index contributed by atoms with van der Waals surface area (Å²) in [6.07, 6.45) is 4.93. The van der Waals surface area contributed by atoms with E-state index in [2.05, 4.69) is 15.1 Å². The minimum absolute atomic E-state index is 0.545. The molecule has 1 aromatic carbocycles. The van der Waals surface area contributed by atoms with Crippen molar-refractivity contribution in [3.8, 4) is 11.5 Å². The number of pyridine rings is 1. The van der Waals surface area contributed by atoms with Crippen LogP contribution in [0.4, 0.5) is 0 Å². The molecule has 0 aliphatic rings. The lowest BCUT2D eigenvalue weighted by Gasteiger charge is -2.03. The van der Waals surface area contributed by atoms with Crippen LogP contribution in [-0.2, 0) is 12.8 Å². The molecular formula is C16H16N4O. The van der Waals surface area contributed by atoms with Crippen molar-refractivity contribution in [1.82, 2.24) is 15.1 Å². The molecule has 0 spiro atoms. The van der Waals surface area contributed by atoms with Gasteiger partial charge in [0.15, 0.2) is 5.82 Å². The van der Waals surface area contributed by atoms with Gasteiger partial charge in [-0.1, -0.05) is 23.4 Å². The molecule has 3 rings (SSSR count). The Morgan fingerprint density at radius 2 is 1.86 bits per heavy atom. The molecule has 0 saturated heterocycles. The highest BCUT2D eigenvalue weighted by molar-refractivity contribution is 5.58. The molecule has 0 amide bonds. The average Bonchev–Trinajstić information content (AvgIpc) is 2.97. The van der Waals surface area contributed by atoms with Gasteiger partial charge in [-0.2, -0.15) is 4.98 Å². The van der Waals surface area contributed by atoms with Gasteiger partial charge in [0.2, 0.25) is 0 Å². The van der Waals surface area contributed by atoms with Crippen LogP contribution in [0.3, 0.4) is 0 Å². The zero-order valence-electron chi connectivity index (χ0n) is 11.6. The largest absolute Gasteiger partial charge is 0.334 e. The van der Waals surface area contributed by atoms with Crippen molar-refractivity contribution in [2.24, 2.45) is 5.73 Å². The molecule has 21 heavy (non-hydrogen) atoms. The summed E-state index contributed by atoms with van der Waals surface area (Å²) in [6.45, 7) is 0.592. The van der Waals surface area contributed by atoms with Crippen LogP contribution in [0.1, 0.15) is 17.0 Å². The fourth-order valence-corrected chi connectivity index (χ4v) is 2.22. The predicted molar refractivity (Wildman–Crippen MR) is 79.5 cm³/mol. The quantitative estimate of drug-likeness (QED) is 0.775. The van der Waals surface area contributed by atoms with E-state index in [9.17, 15) is 0 Å². The first kappa shape index (κ1) is 13.5. The fraction of sp³-hybridized carbons (Fsp3) is 0.188. The predicted octanol–water partition coefficient (Wildman–Crippen LogP) is 2.22. The molecule has 3 aromatic rings. The molecule has 5 heteroatoms. The summed E-state index contributed by atoms with van der Waals surface area (Å²) >= 11 is 0. The van der Waals surface area contributed by atoms with E-state index in [1.165, 1.54) is 0 Å². The zero-order valence-corrected chi connectivity index (χ0v) is 11.6. The summed E-state index contributed by atoms with van der Waals surface area (Å²) in [6, 6.07) is 11.9. The Hall–Kier alpha value is -2.53. The van der Waals surface area contributed by atoms with Gasteiger partial charge in [-0.25, -0.2) is 0 Å². The Kier molecular flexibility index (Phi) is 4.02.